The number of carbonyl (C=O) groups excluding carboxylic acids is 3. The van der Waals surface area contributed by atoms with Gasteiger partial charge < -0.3 is 10.1 Å². The minimum Gasteiger partial charge on any atom is -0.462 e. The Bertz CT molecular complexity index is 694. The van der Waals surface area contributed by atoms with Crippen LogP contribution in [0.1, 0.15) is 39.8 Å². The average Bonchev–Trinajstić information content (AvgIpc) is 3.07. The molecule has 0 spiro atoms. The van der Waals surface area contributed by atoms with E-state index in [4.69, 9.17) is 4.74 Å². The first-order chi connectivity index (χ1) is 11.1. The van der Waals surface area contributed by atoms with Crippen molar-refractivity contribution < 1.29 is 19.1 Å². The lowest BCUT2D eigenvalue weighted by molar-refractivity contribution is -0.116. The second-order valence-corrected chi connectivity index (χ2v) is 5.70. The highest BCUT2D eigenvalue weighted by Gasteiger charge is 2.11. The molecule has 5 nitrogen and oxygen atoms in total. The molecule has 0 aliphatic heterocycles. The Labute approximate surface area is 138 Å². The fourth-order valence-corrected chi connectivity index (χ4v) is 2.64. The van der Waals surface area contributed by atoms with Crippen LogP contribution in [-0.4, -0.2) is 24.3 Å². The van der Waals surface area contributed by atoms with E-state index >= 15 is 0 Å². The number of anilines is 1. The Morgan fingerprint density at radius 1 is 1.13 bits per heavy atom. The molecule has 2 aromatic rings. The maximum atomic E-state index is 11.9. The van der Waals surface area contributed by atoms with E-state index in [1.54, 1.807) is 43.3 Å². The topological polar surface area (TPSA) is 72.5 Å². The van der Waals surface area contributed by atoms with Gasteiger partial charge >= 0.3 is 5.97 Å². The van der Waals surface area contributed by atoms with E-state index < -0.39 is 5.97 Å². The molecule has 0 bridgehead atoms. The highest BCUT2D eigenvalue weighted by Crippen LogP contribution is 2.14. The number of thiophene rings is 1. The lowest BCUT2D eigenvalue weighted by Gasteiger charge is -2.07. The van der Waals surface area contributed by atoms with Crippen molar-refractivity contribution in [1.82, 2.24) is 0 Å². The van der Waals surface area contributed by atoms with Gasteiger partial charge in [-0.25, -0.2) is 4.79 Å². The van der Waals surface area contributed by atoms with Crippen LogP contribution in [0.3, 0.4) is 0 Å². The van der Waals surface area contributed by atoms with E-state index in [9.17, 15) is 14.4 Å². The number of hydrogen-bond acceptors (Lipinski definition) is 5. The van der Waals surface area contributed by atoms with E-state index in [0.717, 1.165) is 0 Å². The van der Waals surface area contributed by atoms with Crippen molar-refractivity contribution in [2.45, 2.75) is 19.8 Å². The zero-order valence-electron chi connectivity index (χ0n) is 12.7. The van der Waals surface area contributed by atoms with Gasteiger partial charge in [0.05, 0.1) is 17.0 Å². The Morgan fingerprint density at radius 3 is 2.65 bits per heavy atom. The van der Waals surface area contributed by atoms with E-state index in [2.05, 4.69) is 5.32 Å². The van der Waals surface area contributed by atoms with Gasteiger partial charge in [0.25, 0.3) is 0 Å². The molecule has 0 atom stereocenters. The van der Waals surface area contributed by atoms with E-state index in [1.807, 2.05) is 5.38 Å². The Balaban J connectivity index is 1.89. The second kappa shape index (κ2) is 8.24. The Hall–Kier alpha value is -2.47. The summed E-state index contributed by atoms with van der Waals surface area (Å²) in [4.78, 5) is 36.1. The standard InChI is InChI=1S/C17H17NO4S/c1-2-22-17(21)12-5-3-6-13(11-12)18-16(20)9-8-14(19)15-7-4-10-23-15/h3-7,10-11H,2,8-9H2,1H3,(H,18,20). The molecule has 1 N–H and O–H groups in total. The predicted molar refractivity (Wildman–Crippen MR) is 88.9 cm³/mol. The van der Waals surface area contributed by atoms with Crippen LogP contribution < -0.4 is 5.32 Å². The number of rotatable bonds is 7. The van der Waals surface area contributed by atoms with Crippen LogP contribution in [0.5, 0.6) is 0 Å². The maximum Gasteiger partial charge on any atom is 0.338 e. The van der Waals surface area contributed by atoms with Crippen LogP contribution in [0.25, 0.3) is 0 Å². The molecule has 23 heavy (non-hydrogen) atoms. The van der Waals surface area contributed by atoms with Gasteiger partial charge in [0.15, 0.2) is 5.78 Å². The van der Waals surface area contributed by atoms with Crippen molar-refractivity contribution in [3.63, 3.8) is 0 Å². The van der Waals surface area contributed by atoms with E-state index in [-0.39, 0.29) is 24.5 Å². The molecule has 1 heterocycles. The van der Waals surface area contributed by atoms with Crippen LogP contribution >= 0.6 is 11.3 Å². The van der Waals surface area contributed by atoms with Crippen LogP contribution in [-0.2, 0) is 9.53 Å². The molecular formula is C17H17NO4S. The molecule has 0 unspecified atom stereocenters. The molecule has 0 saturated carbocycles. The summed E-state index contributed by atoms with van der Waals surface area (Å²) in [5.74, 6) is -0.747. The zero-order valence-corrected chi connectivity index (χ0v) is 13.5. The highest BCUT2D eigenvalue weighted by molar-refractivity contribution is 7.12. The molecule has 1 aromatic carbocycles. The van der Waals surface area contributed by atoms with Gasteiger partial charge in [-0.05, 0) is 36.6 Å². The first-order valence-electron chi connectivity index (χ1n) is 7.24. The van der Waals surface area contributed by atoms with Crippen molar-refractivity contribution in [2.24, 2.45) is 0 Å². The van der Waals surface area contributed by atoms with Gasteiger partial charge in [-0.2, -0.15) is 0 Å². The number of carbonyl (C=O) groups is 3. The lowest BCUT2D eigenvalue weighted by Crippen LogP contribution is -2.14. The fraction of sp³-hybridized carbons (Fsp3) is 0.235. The average molecular weight is 331 g/mol. The Kier molecular flexibility index (Phi) is 6.05. The number of benzene rings is 1. The van der Waals surface area contributed by atoms with Crippen LogP contribution in [0.4, 0.5) is 5.69 Å². The fourth-order valence-electron chi connectivity index (χ4n) is 1.95. The van der Waals surface area contributed by atoms with Crippen LogP contribution in [0, 0.1) is 0 Å². The minimum atomic E-state index is -0.434. The third kappa shape index (κ3) is 5.03. The first kappa shape index (κ1) is 16.9. The number of esters is 1. The third-order valence-corrected chi connectivity index (χ3v) is 3.94. The molecule has 6 heteroatoms. The summed E-state index contributed by atoms with van der Waals surface area (Å²) in [6.07, 6.45) is 0.254. The SMILES string of the molecule is CCOC(=O)c1cccc(NC(=O)CCC(=O)c2cccs2)c1. The molecule has 0 radical (unpaired) electrons. The molecule has 2 rings (SSSR count). The van der Waals surface area contributed by atoms with Crippen molar-refractivity contribution in [3.05, 3.63) is 52.2 Å². The minimum absolute atomic E-state index is 0.0459. The summed E-state index contributed by atoms with van der Waals surface area (Å²) in [6, 6.07) is 10.1. The largest absolute Gasteiger partial charge is 0.462 e. The monoisotopic (exact) mass is 331 g/mol. The van der Waals surface area contributed by atoms with Gasteiger partial charge in [-0.3, -0.25) is 9.59 Å². The number of ketones is 1. The third-order valence-electron chi connectivity index (χ3n) is 3.03. The van der Waals surface area contributed by atoms with Gasteiger partial charge in [0, 0.05) is 18.5 Å². The summed E-state index contributed by atoms with van der Waals surface area (Å²) in [5, 5.41) is 4.51. The smallest absolute Gasteiger partial charge is 0.338 e. The number of ether oxygens (including phenoxy) is 1. The molecule has 1 aromatic heterocycles. The summed E-state index contributed by atoms with van der Waals surface area (Å²) >= 11 is 1.36. The van der Waals surface area contributed by atoms with Crippen LogP contribution in [0.2, 0.25) is 0 Å². The molecule has 0 aliphatic carbocycles. The molecule has 0 saturated heterocycles. The maximum absolute atomic E-state index is 11.9. The second-order valence-electron chi connectivity index (χ2n) is 4.75. The normalized spacial score (nSPS) is 10.1. The molecular weight excluding hydrogens is 314 g/mol. The van der Waals surface area contributed by atoms with Crippen molar-refractivity contribution in [2.75, 3.05) is 11.9 Å². The van der Waals surface area contributed by atoms with E-state index in [1.165, 1.54) is 11.3 Å². The number of hydrogen-bond donors (Lipinski definition) is 1. The number of nitrogens with one attached hydrogen (secondary N) is 1. The summed E-state index contributed by atoms with van der Waals surface area (Å²) in [5.41, 5.74) is 0.878. The highest BCUT2D eigenvalue weighted by atomic mass is 32.1. The Morgan fingerprint density at radius 2 is 1.96 bits per heavy atom. The van der Waals surface area contributed by atoms with Gasteiger partial charge in [-0.1, -0.05) is 12.1 Å². The lowest BCUT2D eigenvalue weighted by atomic mass is 10.1. The van der Waals surface area contributed by atoms with Crippen LogP contribution in [0.15, 0.2) is 41.8 Å². The first-order valence-corrected chi connectivity index (χ1v) is 8.12. The van der Waals surface area contributed by atoms with Crippen molar-refractivity contribution in [1.29, 1.82) is 0 Å². The quantitative estimate of drug-likeness (QED) is 0.622. The molecule has 0 fully saturated rings. The molecule has 120 valence electrons. The van der Waals surface area contributed by atoms with E-state index in [0.29, 0.717) is 22.7 Å². The number of amides is 1. The molecule has 1 amide bonds. The predicted octanol–water partition coefficient (Wildman–Crippen LogP) is 3.53. The number of Topliss-reactive ketones (excluding diaryl/α,β-unsaturated/α-hetero) is 1. The van der Waals surface area contributed by atoms with Crippen molar-refractivity contribution >= 4 is 34.7 Å². The summed E-state index contributed by atoms with van der Waals surface area (Å²) in [7, 11) is 0. The van der Waals surface area contributed by atoms with Gasteiger partial charge in [0.1, 0.15) is 0 Å². The summed E-state index contributed by atoms with van der Waals surface area (Å²) < 4.78 is 4.91. The van der Waals surface area contributed by atoms with Crippen molar-refractivity contribution in [3.8, 4) is 0 Å². The zero-order chi connectivity index (χ0) is 16.7. The van der Waals surface area contributed by atoms with Gasteiger partial charge in [-0.15, -0.1) is 11.3 Å². The molecule has 0 aliphatic rings. The van der Waals surface area contributed by atoms with Gasteiger partial charge in [0.2, 0.25) is 5.91 Å². The summed E-state index contributed by atoms with van der Waals surface area (Å²) in [6.45, 7) is 2.02.